The molecule has 0 atom stereocenters. The van der Waals surface area contributed by atoms with E-state index in [4.69, 9.17) is 11.6 Å². The zero-order valence-corrected chi connectivity index (χ0v) is 15.2. The van der Waals surface area contributed by atoms with Crippen LogP contribution >= 0.6 is 11.6 Å². The highest BCUT2D eigenvalue weighted by molar-refractivity contribution is 6.58. The molecule has 0 fully saturated rings. The van der Waals surface area contributed by atoms with Crippen molar-refractivity contribution >= 4 is 29.9 Å². The number of aromatic nitrogens is 2. The smallest absolute Gasteiger partial charge is 0.393 e. The molecule has 0 aromatic carbocycles. The van der Waals surface area contributed by atoms with Crippen LogP contribution in [-0.2, 0) is 0 Å². The fraction of sp³-hybridized carbons (Fsp3) is 0.222. The second kappa shape index (κ2) is 5.15. The number of allylic oxidation sites excluding steroid dienone is 2. The largest absolute Gasteiger partial charge is 0.737 e. The number of aryl methyl sites for hydroxylation is 2. The summed E-state index contributed by atoms with van der Waals surface area (Å²) in [6.45, 7) is 3.15. The molecule has 0 N–H and O–H groups in total. The zero-order valence-electron chi connectivity index (χ0n) is 14.4. The molecule has 7 heteroatoms. The van der Waals surface area contributed by atoms with E-state index in [9.17, 15) is 0 Å². The second-order valence-corrected chi connectivity index (χ2v) is 7.08. The number of hydrogen-bond acceptors (Lipinski definition) is 1. The molecule has 0 spiro atoms. The van der Waals surface area contributed by atoms with Gasteiger partial charge in [0.1, 0.15) is 5.71 Å². The van der Waals surface area contributed by atoms with Crippen LogP contribution in [0, 0.1) is 13.8 Å². The van der Waals surface area contributed by atoms with E-state index in [1.807, 2.05) is 13.8 Å². The summed E-state index contributed by atoms with van der Waals surface area (Å²) >= 11 is 6.40. The molecule has 4 heterocycles. The Labute approximate surface area is 150 Å². The van der Waals surface area contributed by atoms with E-state index in [1.165, 1.54) is 0 Å². The van der Waals surface area contributed by atoms with Gasteiger partial charge in [0, 0.05) is 30.5 Å². The number of hydrogen-bond donors (Lipinski definition) is 0. The van der Waals surface area contributed by atoms with Crippen molar-refractivity contribution < 1.29 is 13.1 Å². The average molecular weight is 360 g/mol. The lowest BCUT2D eigenvalue weighted by molar-refractivity contribution is -0.363. The number of pyridine rings is 1. The molecule has 2 aliphatic rings. The van der Waals surface area contributed by atoms with Gasteiger partial charge in [0.25, 0.3) is 0 Å². The molecule has 0 aliphatic carbocycles. The molecule has 0 unspecified atom stereocenters. The molecule has 0 bridgehead atoms. The van der Waals surface area contributed by atoms with Crippen molar-refractivity contribution in [3.8, 4) is 0 Å². The molecule has 0 saturated carbocycles. The van der Waals surface area contributed by atoms with Crippen LogP contribution < -0.4 is 0 Å². The molecule has 25 heavy (non-hydrogen) atoms. The molecule has 128 valence electrons. The van der Waals surface area contributed by atoms with Crippen LogP contribution in [0.5, 0.6) is 0 Å². The van der Waals surface area contributed by atoms with Crippen molar-refractivity contribution in [2.75, 3.05) is 0 Å². The van der Waals surface area contributed by atoms with Crippen LogP contribution in [0.2, 0.25) is 5.02 Å². The standard InChI is InChI=1S/C18H17BClF2N3/c1-10-8-12(3)24-17(10)15(16-14(20)6-5-7-23-16)18-11(2)9-13(4)25(18)19(24,21)22/h5-9H,1-4H3. The third-order valence-electron chi connectivity index (χ3n) is 4.93. The van der Waals surface area contributed by atoms with Crippen molar-refractivity contribution in [2.24, 2.45) is 0 Å². The van der Waals surface area contributed by atoms with Gasteiger partial charge in [-0.05, 0) is 50.2 Å². The maximum atomic E-state index is 15.4. The van der Waals surface area contributed by atoms with Gasteiger partial charge in [0.05, 0.1) is 16.3 Å². The quantitative estimate of drug-likeness (QED) is 0.683. The van der Waals surface area contributed by atoms with E-state index in [2.05, 4.69) is 4.98 Å². The molecule has 4 rings (SSSR count). The predicted octanol–water partition coefficient (Wildman–Crippen LogP) is 4.58. The van der Waals surface area contributed by atoms with Crippen molar-refractivity contribution in [1.82, 2.24) is 9.46 Å². The zero-order chi connectivity index (χ0) is 18.1. The van der Waals surface area contributed by atoms with Crippen molar-refractivity contribution in [1.29, 1.82) is 0 Å². The summed E-state index contributed by atoms with van der Waals surface area (Å²) in [4.78, 5) is 4.41. The van der Waals surface area contributed by atoms with E-state index >= 15 is 8.63 Å². The maximum absolute atomic E-state index is 15.4. The normalized spacial score (nSPS) is 18.4. The summed E-state index contributed by atoms with van der Waals surface area (Å²) in [5.74, 6) is 0. The lowest BCUT2D eigenvalue weighted by Gasteiger charge is -2.33. The van der Waals surface area contributed by atoms with Crippen molar-refractivity contribution in [3.05, 3.63) is 69.4 Å². The first kappa shape index (κ1) is 16.3. The SMILES string of the molecule is CC1=CC(C)=[N+]2C1=C(c1ncccc1Cl)c1c(C)cc(C)n1[B-]2(F)F. The van der Waals surface area contributed by atoms with Gasteiger partial charge in [0.15, 0.2) is 5.70 Å². The first-order valence-electron chi connectivity index (χ1n) is 8.13. The molecule has 3 nitrogen and oxygen atoms in total. The van der Waals surface area contributed by atoms with Crippen molar-refractivity contribution in [2.45, 2.75) is 27.7 Å². The van der Waals surface area contributed by atoms with Crippen molar-refractivity contribution in [3.63, 3.8) is 0 Å². The van der Waals surface area contributed by atoms with E-state index in [0.29, 0.717) is 39.1 Å². The summed E-state index contributed by atoms with van der Waals surface area (Å²) in [5.41, 5.74) is 4.82. The first-order valence-corrected chi connectivity index (χ1v) is 8.51. The average Bonchev–Trinajstić information content (AvgIpc) is 2.99. The van der Waals surface area contributed by atoms with Crippen LogP contribution in [0.25, 0.3) is 5.57 Å². The molecular weight excluding hydrogens is 342 g/mol. The minimum absolute atomic E-state index is 0.449. The molecule has 0 amide bonds. The first-order chi connectivity index (χ1) is 11.7. The van der Waals surface area contributed by atoms with Gasteiger partial charge < -0.3 is 17.6 Å². The monoisotopic (exact) mass is 359 g/mol. The van der Waals surface area contributed by atoms with Gasteiger partial charge in [-0.1, -0.05) is 11.6 Å². The molecule has 0 saturated heterocycles. The summed E-state index contributed by atoms with van der Waals surface area (Å²) in [6, 6.07) is 5.26. The Morgan fingerprint density at radius 1 is 1.20 bits per heavy atom. The molecular formula is C18H17BClF2N3. The van der Waals surface area contributed by atoms with Crippen LogP contribution in [-0.4, -0.2) is 26.6 Å². The van der Waals surface area contributed by atoms with E-state index < -0.39 is 6.97 Å². The van der Waals surface area contributed by atoms with Gasteiger partial charge >= 0.3 is 6.97 Å². The number of nitrogens with zero attached hydrogens (tertiary/aromatic N) is 3. The van der Waals surface area contributed by atoms with Gasteiger partial charge in [-0.15, -0.1) is 0 Å². The maximum Gasteiger partial charge on any atom is 0.737 e. The predicted molar refractivity (Wildman–Crippen MR) is 97.2 cm³/mol. The Kier molecular flexibility index (Phi) is 3.35. The number of rotatable bonds is 1. The Morgan fingerprint density at radius 2 is 1.92 bits per heavy atom. The highest BCUT2D eigenvalue weighted by atomic mass is 35.5. The molecule has 2 aromatic heterocycles. The van der Waals surface area contributed by atoms with E-state index in [1.54, 1.807) is 44.3 Å². The van der Waals surface area contributed by atoms with Crippen LogP contribution in [0.1, 0.15) is 36.5 Å². The van der Waals surface area contributed by atoms with Gasteiger partial charge in [0.2, 0.25) is 0 Å². The fourth-order valence-corrected chi connectivity index (χ4v) is 4.31. The molecule has 2 aromatic rings. The minimum atomic E-state index is -3.97. The van der Waals surface area contributed by atoms with Gasteiger partial charge in [-0.2, -0.15) is 0 Å². The van der Waals surface area contributed by atoms with E-state index in [-0.39, 0.29) is 0 Å². The Bertz CT molecular complexity index is 1030. The Morgan fingerprint density at radius 3 is 2.60 bits per heavy atom. The molecule has 2 aliphatic heterocycles. The number of halogens is 3. The Balaban J connectivity index is 2.22. The summed E-state index contributed by atoms with van der Waals surface area (Å²) in [7, 11) is 0. The lowest BCUT2D eigenvalue weighted by Crippen LogP contribution is -2.51. The lowest BCUT2D eigenvalue weighted by atomic mass is 9.85. The van der Waals surface area contributed by atoms with Crippen LogP contribution in [0.3, 0.4) is 0 Å². The summed E-state index contributed by atoms with van der Waals surface area (Å²) in [5, 5.41) is 0.449. The van der Waals surface area contributed by atoms with Gasteiger partial charge in [-0.3, -0.25) is 4.98 Å². The highest BCUT2D eigenvalue weighted by Gasteiger charge is 2.55. The topological polar surface area (TPSA) is 20.8 Å². The van der Waals surface area contributed by atoms with Crippen LogP contribution in [0.4, 0.5) is 8.63 Å². The molecule has 0 radical (unpaired) electrons. The van der Waals surface area contributed by atoms with E-state index in [0.717, 1.165) is 20.1 Å². The second-order valence-electron chi connectivity index (χ2n) is 6.67. The minimum Gasteiger partial charge on any atom is -0.393 e. The number of fused-ring (bicyclic) bond motifs is 2. The third-order valence-corrected chi connectivity index (χ3v) is 5.23. The highest BCUT2D eigenvalue weighted by Crippen LogP contribution is 2.44. The summed E-state index contributed by atoms with van der Waals surface area (Å²) in [6.07, 6.45) is 3.43. The third kappa shape index (κ3) is 2.03. The van der Waals surface area contributed by atoms with Crippen LogP contribution in [0.15, 0.2) is 41.7 Å². The van der Waals surface area contributed by atoms with Gasteiger partial charge in [-0.25, -0.2) is 0 Å². The summed E-state index contributed by atoms with van der Waals surface area (Å²) < 4.78 is 33.2. The fourth-order valence-electron chi connectivity index (χ4n) is 4.09. The Hall–Kier alpha value is -2.21.